The van der Waals surface area contributed by atoms with E-state index in [1.54, 1.807) is 19.4 Å². The van der Waals surface area contributed by atoms with Crippen molar-refractivity contribution >= 4 is 5.52 Å². The maximum Gasteiger partial charge on any atom is 0.0995 e. The van der Waals surface area contributed by atoms with Gasteiger partial charge < -0.3 is 9.51 Å². The van der Waals surface area contributed by atoms with Gasteiger partial charge in [-0.3, -0.25) is 0 Å². The Morgan fingerprint density at radius 1 is 1.50 bits per heavy atom. The van der Waals surface area contributed by atoms with E-state index in [1.807, 2.05) is 22.6 Å². The minimum atomic E-state index is -0.456. The minimum absolute atomic E-state index is 0.456. The molecule has 62 valence electrons. The van der Waals surface area contributed by atoms with Gasteiger partial charge in [-0.1, -0.05) is 6.07 Å². The average molecular weight is 162 g/mol. The standard InChI is InChI=1S/C9H10N2O/c1-7(12)9-4-2-3-8-5-10-6-11(8)9/h2-7,12H,1H3. The first-order chi connectivity index (χ1) is 5.79. The van der Waals surface area contributed by atoms with Crippen LogP contribution in [-0.2, 0) is 0 Å². The summed E-state index contributed by atoms with van der Waals surface area (Å²) in [4.78, 5) is 4.00. The maximum atomic E-state index is 9.39. The third kappa shape index (κ3) is 0.987. The lowest BCUT2D eigenvalue weighted by molar-refractivity contribution is 0.193. The zero-order chi connectivity index (χ0) is 8.55. The molecule has 1 N–H and O–H groups in total. The molecule has 3 heteroatoms. The summed E-state index contributed by atoms with van der Waals surface area (Å²) in [6, 6.07) is 5.76. The maximum absolute atomic E-state index is 9.39. The number of hydrogen-bond acceptors (Lipinski definition) is 2. The topological polar surface area (TPSA) is 37.5 Å². The lowest BCUT2D eigenvalue weighted by Crippen LogP contribution is -1.98. The van der Waals surface area contributed by atoms with Gasteiger partial charge in [-0.15, -0.1) is 0 Å². The van der Waals surface area contributed by atoms with Crippen molar-refractivity contribution in [2.75, 3.05) is 0 Å². The quantitative estimate of drug-likeness (QED) is 0.688. The number of hydrogen-bond donors (Lipinski definition) is 1. The summed E-state index contributed by atoms with van der Waals surface area (Å²) < 4.78 is 1.88. The molecule has 2 rings (SSSR count). The van der Waals surface area contributed by atoms with Gasteiger partial charge >= 0.3 is 0 Å². The molecular formula is C9H10N2O. The molecule has 0 aliphatic rings. The van der Waals surface area contributed by atoms with Crippen LogP contribution in [0.5, 0.6) is 0 Å². The molecule has 2 aromatic heterocycles. The van der Waals surface area contributed by atoms with Crippen LogP contribution < -0.4 is 0 Å². The highest BCUT2D eigenvalue weighted by atomic mass is 16.3. The van der Waals surface area contributed by atoms with Crippen LogP contribution in [0, 0.1) is 0 Å². The highest BCUT2D eigenvalue weighted by molar-refractivity contribution is 5.45. The highest BCUT2D eigenvalue weighted by Crippen LogP contribution is 2.13. The Bertz CT molecular complexity index is 392. The van der Waals surface area contributed by atoms with Gasteiger partial charge in [0.1, 0.15) is 0 Å². The summed E-state index contributed by atoms with van der Waals surface area (Å²) in [6.45, 7) is 1.74. The van der Waals surface area contributed by atoms with E-state index in [9.17, 15) is 5.11 Å². The van der Waals surface area contributed by atoms with Crippen LogP contribution in [0.2, 0.25) is 0 Å². The van der Waals surface area contributed by atoms with E-state index in [0.717, 1.165) is 11.2 Å². The fourth-order valence-electron chi connectivity index (χ4n) is 1.31. The number of rotatable bonds is 1. The Morgan fingerprint density at radius 2 is 2.33 bits per heavy atom. The Kier molecular flexibility index (Phi) is 1.59. The fourth-order valence-corrected chi connectivity index (χ4v) is 1.31. The van der Waals surface area contributed by atoms with Gasteiger partial charge in [0, 0.05) is 0 Å². The number of nitrogens with zero attached hydrogens (tertiary/aromatic N) is 2. The normalized spacial score (nSPS) is 13.5. The zero-order valence-corrected chi connectivity index (χ0v) is 6.81. The summed E-state index contributed by atoms with van der Waals surface area (Å²) in [7, 11) is 0. The molecule has 0 aromatic carbocycles. The molecule has 2 aromatic rings. The summed E-state index contributed by atoms with van der Waals surface area (Å²) in [6.07, 6.45) is 3.02. The molecule has 0 fully saturated rings. The SMILES string of the molecule is CC(O)c1cccc2cncn12. The van der Waals surface area contributed by atoms with Crippen LogP contribution in [0.1, 0.15) is 18.7 Å². The number of aromatic nitrogens is 2. The van der Waals surface area contributed by atoms with Gasteiger partial charge in [0.15, 0.2) is 0 Å². The van der Waals surface area contributed by atoms with Crippen molar-refractivity contribution in [2.24, 2.45) is 0 Å². The molecule has 0 spiro atoms. The number of pyridine rings is 1. The van der Waals surface area contributed by atoms with Crippen LogP contribution >= 0.6 is 0 Å². The summed E-state index contributed by atoms with van der Waals surface area (Å²) in [5.74, 6) is 0. The van der Waals surface area contributed by atoms with E-state index >= 15 is 0 Å². The molecule has 0 radical (unpaired) electrons. The van der Waals surface area contributed by atoms with Crippen LogP contribution in [0.4, 0.5) is 0 Å². The van der Waals surface area contributed by atoms with E-state index in [2.05, 4.69) is 4.98 Å². The minimum Gasteiger partial charge on any atom is -0.387 e. The molecule has 0 aliphatic carbocycles. The summed E-state index contributed by atoms with van der Waals surface area (Å²) in [5, 5.41) is 9.39. The van der Waals surface area contributed by atoms with Crippen LogP contribution in [0.15, 0.2) is 30.7 Å². The first kappa shape index (κ1) is 7.31. The largest absolute Gasteiger partial charge is 0.387 e. The molecule has 1 unspecified atom stereocenters. The van der Waals surface area contributed by atoms with Gasteiger partial charge in [-0.2, -0.15) is 0 Å². The predicted molar refractivity (Wildman–Crippen MR) is 45.8 cm³/mol. The Labute approximate surface area is 70.3 Å². The van der Waals surface area contributed by atoms with E-state index < -0.39 is 6.10 Å². The monoisotopic (exact) mass is 162 g/mol. The van der Waals surface area contributed by atoms with E-state index in [1.165, 1.54) is 0 Å². The number of fused-ring (bicyclic) bond motifs is 1. The molecule has 0 amide bonds. The van der Waals surface area contributed by atoms with Crippen molar-refractivity contribution in [1.82, 2.24) is 9.38 Å². The third-order valence-electron chi connectivity index (χ3n) is 1.91. The first-order valence-corrected chi connectivity index (χ1v) is 3.88. The van der Waals surface area contributed by atoms with Crippen molar-refractivity contribution in [1.29, 1.82) is 0 Å². The lowest BCUT2D eigenvalue weighted by atomic mass is 10.2. The van der Waals surface area contributed by atoms with Crippen molar-refractivity contribution in [3.63, 3.8) is 0 Å². The smallest absolute Gasteiger partial charge is 0.0995 e. The van der Waals surface area contributed by atoms with Gasteiger partial charge in [0.2, 0.25) is 0 Å². The molecule has 0 saturated heterocycles. The van der Waals surface area contributed by atoms with Crippen LogP contribution in [-0.4, -0.2) is 14.5 Å². The number of aliphatic hydroxyl groups is 1. The molecule has 2 heterocycles. The van der Waals surface area contributed by atoms with E-state index in [4.69, 9.17) is 0 Å². The van der Waals surface area contributed by atoms with E-state index in [-0.39, 0.29) is 0 Å². The Balaban J connectivity index is 2.73. The van der Waals surface area contributed by atoms with Crippen molar-refractivity contribution in [3.8, 4) is 0 Å². The molecule has 0 aliphatic heterocycles. The summed E-state index contributed by atoms with van der Waals surface area (Å²) >= 11 is 0. The van der Waals surface area contributed by atoms with Crippen molar-refractivity contribution in [3.05, 3.63) is 36.4 Å². The van der Waals surface area contributed by atoms with Crippen molar-refractivity contribution in [2.45, 2.75) is 13.0 Å². The molecule has 3 nitrogen and oxygen atoms in total. The second-order valence-corrected chi connectivity index (χ2v) is 2.82. The number of imidazole rings is 1. The summed E-state index contributed by atoms with van der Waals surface area (Å²) in [5.41, 5.74) is 1.87. The van der Waals surface area contributed by atoms with Crippen LogP contribution in [0.3, 0.4) is 0 Å². The van der Waals surface area contributed by atoms with E-state index in [0.29, 0.717) is 0 Å². The van der Waals surface area contributed by atoms with Gasteiger partial charge in [-0.05, 0) is 19.1 Å². The van der Waals surface area contributed by atoms with Gasteiger partial charge in [0.05, 0.1) is 29.8 Å². The second kappa shape index (κ2) is 2.60. The van der Waals surface area contributed by atoms with Gasteiger partial charge in [0.25, 0.3) is 0 Å². The number of aliphatic hydroxyl groups excluding tert-OH is 1. The molecular weight excluding hydrogens is 152 g/mol. The second-order valence-electron chi connectivity index (χ2n) is 2.82. The van der Waals surface area contributed by atoms with Crippen LogP contribution in [0.25, 0.3) is 5.52 Å². The average Bonchev–Trinajstić information content (AvgIpc) is 2.49. The first-order valence-electron chi connectivity index (χ1n) is 3.88. The van der Waals surface area contributed by atoms with Gasteiger partial charge in [-0.25, -0.2) is 4.98 Å². The fraction of sp³-hybridized carbons (Fsp3) is 0.222. The van der Waals surface area contributed by atoms with Crippen molar-refractivity contribution < 1.29 is 5.11 Å². The molecule has 0 saturated carbocycles. The molecule has 1 atom stereocenters. The predicted octanol–water partition coefficient (Wildman–Crippen LogP) is 1.39. The third-order valence-corrected chi connectivity index (χ3v) is 1.91. The highest BCUT2D eigenvalue weighted by Gasteiger charge is 2.04. The molecule has 12 heavy (non-hydrogen) atoms. The lowest BCUT2D eigenvalue weighted by Gasteiger charge is -2.06. The Hall–Kier alpha value is -1.35. The Morgan fingerprint density at radius 3 is 3.08 bits per heavy atom. The zero-order valence-electron chi connectivity index (χ0n) is 6.81. The molecule has 0 bridgehead atoms.